The topological polar surface area (TPSA) is 12.0 Å². The molecule has 0 aliphatic heterocycles. The van der Waals surface area contributed by atoms with Crippen molar-refractivity contribution in [1.29, 1.82) is 0 Å². The molecule has 0 aromatic heterocycles. The van der Waals surface area contributed by atoms with Gasteiger partial charge in [-0.3, -0.25) is 0 Å². The van der Waals surface area contributed by atoms with Gasteiger partial charge >= 0.3 is 0 Å². The van der Waals surface area contributed by atoms with Gasteiger partial charge in [0.05, 0.1) is 0 Å². The molecule has 76 valence electrons. The molecule has 1 N–H and O–H groups in total. The summed E-state index contributed by atoms with van der Waals surface area (Å²) in [4.78, 5) is 0. The molecule has 0 aromatic rings. The first kappa shape index (κ1) is 10.8. The monoisotopic (exact) mass is 181 g/mol. The first-order chi connectivity index (χ1) is 6.29. The Labute approximate surface area is 82.6 Å². The summed E-state index contributed by atoms with van der Waals surface area (Å²) in [6.45, 7) is 9.50. The van der Waals surface area contributed by atoms with Gasteiger partial charge in [0, 0.05) is 6.04 Å². The normalized spacial score (nSPS) is 22.9. The van der Waals surface area contributed by atoms with Gasteiger partial charge in [-0.05, 0) is 31.2 Å². The molecule has 0 radical (unpaired) electrons. The standard InChI is InChI=1S/C12H23N/c1-4-11(13-6-3)12(5-2)9-7-8-10-12/h4,11,13H,1,5-10H2,2-3H3. The Morgan fingerprint density at radius 1 is 1.38 bits per heavy atom. The van der Waals surface area contributed by atoms with Gasteiger partial charge in [0.15, 0.2) is 0 Å². The van der Waals surface area contributed by atoms with Crippen LogP contribution in [0.5, 0.6) is 0 Å². The average Bonchev–Trinajstić information content (AvgIpc) is 2.63. The molecule has 1 nitrogen and oxygen atoms in total. The van der Waals surface area contributed by atoms with Crippen LogP contribution in [0.1, 0.15) is 46.0 Å². The average molecular weight is 181 g/mol. The first-order valence-corrected chi connectivity index (χ1v) is 5.65. The Kier molecular flexibility index (Phi) is 3.98. The molecule has 1 aliphatic rings. The second-order valence-corrected chi connectivity index (χ2v) is 4.19. The third-order valence-electron chi connectivity index (χ3n) is 3.62. The van der Waals surface area contributed by atoms with Gasteiger partial charge in [-0.25, -0.2) is 0 Å². The van der Waals surface area contributed by atoms with Gasteiger partial charge in [0.25, 0.3) is 0 Å². The maximum Gasteiger partial charge on any atom is 0.0303 e. The van der Waals surface area contributed by atoms with E-state index < -0.39 is 0 Å². The lowest BCUT2D eigenvalue weighted by Gasteiger charge is -2.35. The zero-order chi connectivity index (χ0) is 9.73. The van der Waals surface area contributed by atoms with Crippen LogP contribution in [0.25, 0.3) is 0 Å². The number of hydrogen-bond donors (Lipinski definition) is 1. The van der Waals surface area contributed by atoms with Crippen LogP contribution in [-0.2, 0) is 0 Å². The molecular formula is C12H23N. The van der Waals surface area contributed by atoms with Crippen LogP contribution in [0, 0.1) is 5.41 Å². The maximum absolute atomic E-state index is 3.95. The third kappa shape index (κ3) is 2.14. The van der Waals surface area contributed by atoms with E-state index in [0.29, 0.717) is 11.5 Å². The molecular weight excluding hydrogens is 158 g/mol. The summed E-state index contributed by atoms with van der Waals surface area (Å²) in [5, 5.41) is 3.55. The van der Waals surface area contributed by atoms with Crippen molar-refractivity contribution >= 4 is 0 Å². The zero-order valence-corrected chi connectivity index (χ0v) is 9.10. The molecule has 0 spiro atoms. The molecule has 1 saturated carbocycles. The molecule has 0 bridgehead atoms. The molecule has 1 heteroatoms. The van der Waals surface area contributed by atoms with Crippen LogP contribution in [0.3, 0.4) is 0 Å². The highest BCUT2D eigenvalue weighted by atomic mass is 14.9. The molecule has 1 aliphatic carbocycles. The molecule has 13 heavy (non-hydrogen) atoms. The molecule has 1 rings (SSSR count). The fourth-order valence-electron chi connectivity index (χ4n) is 2.73. The van der Waals surface area contributed by atoms with E-state index in [1.165, 1.54) is 32.1 Å². The van der Waals surface area contributed by atoms with E-state index in [4.69, 9.17) is 0 Å². The van der Waals surface area contributed by atoms with Crippen molar-refractivity contribution in [3.8, 4) is 0 Å². The molecule has 1 fully saturated rings. The van der Waals surface area contributed by atoms with Gasteiger partial charge in [0.2, 0.25) is 0 Å². The smallest absolute Gasteiger partial charge is 0.0303 e. The summed E-state index contributed by atoms with van der Waals surface area (Å²) in [5.74, 6) is 0. The highest BCUT2D eigenvalue weighted by molar-refractivity contribution is 5.02. The summed E-state index contributed by atoms with van der Waals surface area (Å²) in [5.41, 5.74) is 0.526. The molecule has 0 amide bonds. The van der Waals surface area contributed by atoms with Crippen molar-refractivity contribution < 1.29 is 0 Å². The molecule has 0 saturated heterocycles. The van der Waals surface area contributed by atoms with Crippen molar-refractivity contribution in [2.75, 3.05) is 6.54 Å². The van der Waals surface area contributed by atoms with Crippen molar-refractivity contribution in [2.24, 2.45) is 5.41 Å². The van der Waals surface area contributed by atoms with E-state index in [9.17, 15) is 0 Å². The summed E-state index contributed by atoms with van der Waals surface area (Å²) >= 11 is 0. The van der Waals surface area contributed by atoms with Crippen molar-refractivity contribution in [3.63, 3.8) is 0 Å². The lowest BCUT2D eigenvalue weighted by atomic mass is 9.76. The second-order valence-electron chi connectivity index (χ2n) is 4.19. The predicted octanol–water partition coefficient (Wildman–Crippen LogP) is 3.12. The van der Waals surface area contributed by atoms with Crippen LogP contribution in [0.4, 0.5) is 0 Å². The van der Waals surface area contributed by atoms with E-state index in [1.807, 2.05) is 0 Å². The van der Waals surface area contributed by atoms with Crippen molar-refractivity contribution in [3.05, 3.63) is 12.7 Å². The first-order valence-electron chi connectivity index (χ1n) is 5.65. The molecule has 0 heterocycles. The van der Waals surface area contributed by atoms with Crippen LogP contribution < -0.4 is 5.32 Å². The van der Waals surface area contributed by atoms with Crippen molar-refractivity contribution in [2.45, 2.75) is 52.0 Å². The molecule has 0 aromatic carbocycles. The summed E-state index contributed by atoms with van der Waals surface area (Å²) < 4.78 is 0. The Morgan fingerprint density at radius 3 is 2.38 bits per heavy atom. The Morgan fingerprint density at radius 2 is 2.00 bits per heavy atom. The van der Waals surface area contributed by atoms with Gasteiger partial charge in [-0.15, -0.1) is 6.58 Å². The Hall–Kier alpha value is -0.300. The van der Waals surface area contributed by atoms with Gasteiger partial charge in [-0.1, -0.05) is 32.8 Å². The van der Waals surface area contributed by atoms with Gasteiger partial charge in [0.1, 0.15) is 0 Å². The van der Waals surface area contributed by atoms with E-state index in [1.54, 1.807) is 0 Å². The highest BCUT2D eigenvalue weighted by Crippen LogP contribution is 2.44. The third-order valence-corrected chi connectivity index (χ3v) is 3.62. The van der Waals surface area contributed by atoms with Crippen LogP contribution in [-0.4, -0.2) is 12.6 Å². The number of likely N-dealkylation sites (N-methyl/N-ethyl adjacent to an activating group) is 1. The van der Waals surface area contributed by atoms with E-state index in [2.05, 4.69) is 31.8 Å². The summed E-state index contributed by atoms with van der Waals surface area (Å²) in [6, 6.07) is 0.532. The van der Waals surface area contributed by atoms with Gasteiger partial charge in [-0.2, -0.15) is 0 Å². The minimum absolute atomic E-state index is 0.526. The minimum Gasteiger partial charge on any atom is -0.310 e. The number of nitrogens with one attached hydrogen (secondary N) is 1. The lowest BCUT2D eigenvalue weighted by molar-refractivity contribution is 0.221. The number of rotatable bonds is 5. The zero-order valence-electron chi connectivity index (χ0n) is 9.10. The quantitative estimate of drug-likeness (QED) is 0.643. The van der Waals surface area contributed by atoms with Crippen LogP contribution in [0.15, 0.2) is 12.7 Å². The number of hydrogen-bond acceptors (Lipinski definition) is 1. The van der Waals surface area contributed by atoms with Crippen LogP contribution >= 0.6 is 0 Å². The largest absolute Gasteiger partial charge is 0.310 e. The maximum atomic E-state index is 3.95. The highest BCUT2D eigenvalue weighted by Gasteiger charge is 2.37. The molecule has 1 atom stereocenters. The Bertz CT molecular complexity index is 157. The van der Waals surface area contributed by atoms with Crippen molar-refractivity contribution in [1.82, 2.24) is 5.32 Å². The van der Waals surface area contributed by atoms with E-state index >= 15 is 0 Å². The fraction of sp³-hybridized carbons (Fsp3) is 0.833. The van der Waals surface area contributed by atoms with E-state index in [-0.39, 0.29) is 0 Å². The Balaban J connectivity index is 2.65. The minimum atomic E-state index is 0.526. The summed E-state index contributed by atoms with van der Waals surface area (Å²) in [6.07, 6.45) is 8.97. The molecule has 1 unspecified atom stereocenters. The van der Waals surface area contributed by atoms with Gasteiger partial charge < -0.3 is 5.32 Å². The SMILES string of the molecule is C=CC(NCC)C1(CC)CCCC1. The van der Waals surface area contributed by atoms with E-state index in [0.717, 1.165) is 6.54 Å². The lowest BCUT2D eigenvalue weighted by Crippen LogP contribution is -2.42. The van der Waals surface area contributed by atoms with Crippen LogP contribution in [0.2, 0.25) is 0 Å². The fourth-order valence-corrected chi connectivity index (χ4v) is 2.73. The summed E-state index contributed by atoms with van der Waals surface area (Å²) in [7, 11) is 0. The second kappa shape index (κ2) is 4.80. The predicted molar refractivity (Wildman–Crippen MR) is 58.9 cm³/mol.